The van der Waals surface area contributed by atoms with Crippen molar-refractivity contribution in [3.05, 3.63) is 60.0 Å². The van der Waals surface area contributed by atoms with Gasteiger partial charge in [0.1, 0.15) is 12.4 Å². The van der Waals surface area contributed by atoms with E-state index >= 15 is 0 Å². The average Bonchev–Trinajstić information content (AvgIpc) is 2.79. The van der Waals surface area contributed by atoms with Gasteiger partial charge in [-0.3, -0.25) is 4.79 Å². The van der Waals surface area contributed by atoms with Crippen molar-refractivity contribution < 1.29 is 13.9 Å². The fourth-order valence-electron chi connectivity index (χ4n) is 2.31. The fraction of sp³-hybridized carbons (Fsp3) is 0.174. The molecule has 3 N–H and O–H groups in total. The molecular formula is C23H24FN5O2S. The highest BCUT2D eigenvalue weighted by Gasteiger charge is 2.08. The lowest BCUT2D eigenvalue weighted by Crippen LogP contribution is -2.07. The predicted molar refractivity (Wildman–Crippen MR) is 127 cm³/mol. The molecule has 0 bridgehead atoms. The predicted octanol–water partition coefficient (Wildman–Crippen LogP) is 4.46. The van der Waals surface area contributed by atoms with E-state index in [0.717, 1.165) is 28.9 Å². The zero-order chi connectivity index (χ0) is 23.3. The summed E-state index contributed by atoms with van der Waals surface area (Å²) in [5, 5.41) is 8.40. The molecule has 0 unspecified atom stereocenters. The number of thiol groups is 1. The van der Waals surface area contributed by atoms with E-state index in [1.165, 1.54) is 0 Å². The smallest absolute Gasteiger partial charge is 0.229 e. The van der Waals surface area contributed by atoms with Crippen LogP contribution in [-0.2, 0) is 4.79 Å². The standard InChI is InChI=1S/C20H17FN4OS.C3H7NO/c1-3-10-26-16-8-6-14(7-9-16)23-19-17(21)12-22-20(25-19)24-15-5-4-13(2)18(27)11-15;1-2-4-3-5/h1,4-9,11-12,27H,10H2,2H3,(H2,22,23,24,25);3H,2H2,1H3,(H,4,5). The molecule has 9 heteroatoms. The molecule has 3 rings (SSSR count). The maximum atomic E-state index is 14.1. The van der Waals surface area contributed by atoms with Crippen molar-refractivity contribution in [3.63, 3.8) is 0 Å². The number of nitrogens with zero attached hydrogens (tertiary/aromatic N) is 2. The molecule has 1 amide bonds. The van der Waals surface area contributed by atoms with E-state index in [9.17, 15) is 9.18 Å². The third-order valence-electron chi connectivity index (χ3n) is 3.94. The average molecular weight is 454 g/mol. The Morgan fingerprint density at radius 2 is 1.91 bits per heavy atom. The van der Waals surface area contributed by atoms with Gasteiger partial charge in [0.05, 0.1) is 6.20 Å². The van der Waals surface area contributed by atoms with Crippen LogP contribution in [0, 0.1) is 25.1 Å². The van der Waals surface area contributed by atoms with Gasteiger partial charge in [0.15, 0.2) is 11.6 Å². The number of anilines is 4. The minimum absolute atomic E-state index is 0.0583. The van der Waals surface area contributed by atoms with Gasteiger partial charge in [-0.25, -0.2) is 9.37 Å². The number of terminal acetylenes is 1. The van der Waals surface area contributed by atoms with Crippen molar-refractivity contribution in [2.75, 3.05) is 23.8 Å². The second-order valence-electron chi connectivity index (χ2n) is 6.33. The Balaban J connectivity index is 0.000000654. The van der Waals surface area contributed by atoms with Crippen LogP contribution in [0.3, 0.4) is 0 Å². The molecule has 0 saturated heterocycles. The molecule has 1 heterocycles. The Morgan fingerprint density at radius 1 is 1.19 bits per heavy atom. The lowest BCUT2D eigenvalue weighted by Gasteiger charge is -2.11. The number of benzene rings is 2. The van der Waals surface area contributed by atoms with Gasteiger partial charge in [0, 0.05) is 22.8 Å². The Hall–Kier alpha value is -3.77. The molecular weight excluding hydrogens is 429 g/mol. The topological polar surface area (TPSA) is 88.2 Å². The summed E-state index contributed by atoms with van der Waals surface area (Å²) in [5.41, 5.74) is 2.47. The quantitative estimate of drug-likeness (QED) is 0.229. The summed E-state index contributed by atoms with van der Waals surface area (Å²) in [6, 6.07) is 12.6. The number of ether oxygens (including phenoxy) is 1. The molecule has 166 valence electrons. The van der Waals surface area contributed by atoms with E-state index in [1.54, 1.807) is 24.3 Å². The van der Waals surface area contributed by atoms with Crippen LogP contribution in [0.2, 0.25) is 0 Å². The van der Waals surface area contributed by atoms with Gasteiger partial charge in [-0.2, -0.15) is 4.98 Å². The second kappa shape index (κ2) is 12.8. The first-order valence-corrected chi connectivity index (χ1v) is 10.1. The summed E-state index contributed by atoms with van der Waals surface area (Å²) in [5.74, 6) is 2.79. The Morgan fingerprint density at radius 3 is 2.50 bits per heavy atom. The van der Waals surface area contributed by atoms with Crippen LogP contribution < -0.4 is 20.7 Å². The highest BCUT2D eigenvalue weighted by Crippen LogP contribution is 2.24. The maximum absolute atomic E-state index is 14.1. The number of amides is 1. The van der Waals surface area contributed by atoms with E-state index in [2.05, 4.69) is 44.5 Å². The van der Waals surface area contributed by atoms with Crippen LogP contribution in [0.15, 0.2) is 53.6 Å². The number of hydrogen-bond donors (Lipinski definition) is 4. The zero-order valence-electron chi connectivity index (χ0n) is 17.7. The highest BCUT2D eigenvalue weighted by molar-refractivity contribution is 7.80. The number of carbonyl (C=O) groups is 1. The molecule has 2 aromatic carbocycles. The summed E-state index contributed by atoms with van der Waals surface area (Å²) in [6.45, 7) is 4.75. The van der Waals surface area contributed by atoms with Crippen molar-refractivity contribution in [1.82, 2.24) is 15.3 Å². The van der Waals surface area contributed by atoms with Crippen LogP contribution in [0.25, 0.3) is 0 Å². The number of nitrogens with one attached hydrogen (secondary N) is 3. The summed E-state index contributed by atoms with van der Waals surface area (Å²) >= 11 is 4.39. The fourth-order valence-corrected chi connectivity index (χ4v) is 2.52. The third-order valence-corrected chi connectivity index (χ3v) is 4.42. The Labute approximate surface area is 192 Å². The monoisotopic (exact) mass is 453 g/mol. The Bertz CT molecular complexity index is 1070. The molecule has 0 aliphatic carbocycles. The number of aryl methyl sites for hydroxylation is 1. The van der Waals surface area contributed by atoms with Crippen molar-refractivity contribution in [3.8, 4) is 18.1 Å². The highest BCUT2D eigenvalue weighted by atomic mass is 32.1. The van der Waals surface area contributed by atoms with Crippen LogP contribution in [0.4, 0.5) is 27.5 Å². The van der Waals surface area contributed by atoms with E-state index in [-0.39, 0.29) is 18.4 Å². The largest absolute Gasteiger partial charge is 0.481 e. The Kier molecular flexibility index (Phi) is 9.81. The first kappa shape index (κ1) is 24.5. The summed E-state index contributed by atoms with van der Waals surface area (Å²) in [6.07, 6.45) is 6.95. The van der Waals surface area contributed by atoms with Crippen molar-refractivity contribution in [2.24, 2.45) is 0 Å². The van der Waals surface area contributed by atoms with Crippen molar-refractivity contribution in [1.29, 1.82) is 0 Å². The van der Waals surface area contributed by atoms with Crippen molar-refractivity contribution >= 4 is 42.2 Å². The van der Waals surface area contributed by atoms with Crippen molar-refractivity contribution in [2.45, 2.75) is 18.7 Å². The SMILES string of the molecule is C#CCOc1ccc(Nc2nc(Nc3ccc(C)c(S)c3)ncc2F)cc1.CCNC=O. The second-order valence-corrected chi connectivity index (χ2v) is 6.82. The molecule has 32 heavy (non-hydrogen) atoms. The van der Waals surface area contributed by atoms with Gasteiger partial charge in [0.2, 0.25) is 12.4 Å². The van der Waals surface area contributed by atoms with Gasteiger partial charge in [0.25, 0.3) is 0 Å². The lowest BCUT2D eigenvalue weighted by molar-refractivity contribution is -0.109. The van der Waals surface area contributed by atoms with Gasteiger partial charge in [-0.15, -0.1) is 19.1 Å². The molecule has 0 atom stereocenters. The van der Waals surface area contributed by atoms with E-state index < -0.39 is 5.82 Å². The number of hydrogen-bond acceptors (Lipinski definition) is 7. The number of aromatic nitrogens is 2. The summed E-state index contributed by atoms with van der Waals surface area (Å²) in [7, 11) is 0. The van der Waals surface area contributed by atoms with Gasteiger partial charge in [-0.1, -0.05) is 12.0 Å². The molecule has 0 saturated carbocycles. The van der Waals surface area contributed by atoms with E-state index in [1.807, 2.05) is 32.0 Å². The first-order valence-electron chi connectivity index (χ1n) is 9.66. The molecule has 0 radical (unpaired) electrons. The maximum Gasteiger partial charge on any atom is 0.229 e. The van der Waals surface area contributed by atoms with Crippen LogP contribution in [-0.4, -0.2) is 29.5 Å². The lowest BCUT2D eigenvalue weighted by atomic mass is 10.2. The zero-order valence-corrected chi connectivity index (χ0v) is 18.6. The first-order chi connectivity index (χ1) is 15.5. The third kappa shape index (κ3) is 7.81. The minimum Gasteiger partial charge on any atom is -0.481 e. The van der Waals surface area contributed by atoms with E-state index in [4.69, 9.17) is 11.2 Å². The van der Waals surface area contributed by atoms with Crippen LogP contribution >= 0.6 is 12.6 Å². The van der Waals surface area contributed by atoms with Crippen LogP contribution in [0.1, 0.15) is 12.5 Å². The number of halogens is 1. The molecule has 3 aromatic rings. The van der Waals surface area contributed by atoms with Crippen LogP contribution in [0.5, 0.6) is 5.75 Å². The normalized spacial score (nSPS) is 9.59. The number of carbonyl (C=O) groups excluding carboxylic acids is 1. The summed E-state index contributed by atoms with van der Waals surface area (Å²) in [4.78, 5) is 18.3. The molecule has 7 nitrogen and oxygen atoms in total. The molecule has 0 fully saturated rings. The minimum atomic E-state index is -0.563. The van der Waals surface area contributed by atoms with Gasteiger partial charge < -0.3 is 20.7 Å². The van der Waals surface area contributed by atoms with Gasteiger partial charge >= 0.3 is 0 Å². The number of rotatable bonds is 8. The molecule has 0 aliphatic rings. The molecule has 1 aromatic heterocycles. The van der Waals surface area contributed by atoms with Gasteiger partial charge in [-0.05, 0) is 55.8 Å². The molecule has 0 aliphatic heterocycles. The molecule has 0 spiro atoms. The van der Waals surface area contributed by atoms with E-state index in [0.29, 0.717) is 17.8 Å². The summed E-state index contributed by atoms with van der Waals surface area (Å²) < 4.78 is 19.4.